The summed E-state index contributed by atoms with van der Waals surface area (Å²) in [5.41, 5.74) is 1.26. The highest BCUT2D eigenvalue weighted by atomic mass is 79.9. The molecular formula is C18H21BrN4O2. The number of piperazine rings is 1. The maximum atomic E-state index is 12.4. The van der Waals surface area contributed by atoms with Crippen LogP contribution in [0.2, 0.25) is 0 Å². The largest absolute Gasteiger partial charge is 0.389 e. The average molecular weight is 405 g/mol. The van der Waals surface area contributed by atoms with Crippen molar-refractivity contribution >= 4 is 27.7 Å². The molecule has 0 unspecified atom stereocenters. The Kier molecular flexibility index (Phi) is 7.02. The van der Waals surface area contributed by atoms with E-state index in [4.69, 9.17) is 0 Å². The molecular weight excluding hydrogens is 384 g/mol. The van der Waals surface area contributed by atoms with E-state index >= 15 is 0 Å². The van der Waals surface area contributed by atoms with Gasteiger partial charge in [0.2, 0.25) is 5.91 Å². The van der Waals surface area contributed by atoms with Gasteiger partial charge in [-0.1, -0.05) is 28.1 Å². The van der Waals surface area contributed by atoms with Crippen LogP contribution in [0, 0.1) is 11.3 Å². The number of carbonyl (C=O) groups excluding carboxylic acids is 2. The lowest BCUT2D eigenvalue weighted by Gasteiger charge is -2.34. The highest BCUT2D eigenvalue weighted by Crippen LogP contribution is 2.12. The van der Waals surface area contributed by atoms with Gasteiger partial charge < -0.3 is 15.1 Å². The molecule has 0 bridgehead atoms. The summed E-state index contributed by atoms with van der Waals surface area (Å²) in [7, 11) is 0. The summed E-state index contributed by atoms with van der Waals surface area (Å²) in [6.45, 7) is 4.08. The summed E-state index contributed by atoms with van der Waals surface area (Å²) < 4.78 is 1.03. The summed E-state index contributed by atoms with van der Waals surface area (Å²) in [4.78, 5) is 27.0. The average Bonchev–Trinajstić information content (AvgIpc) is 2.61. The van der Waals surface area contributed by atoms with Crippen molar-refractivity contribution in [1.29, 1.82) is 5.26 Å². The molecule has 0 atom stereocenters. The highest BCUT2D eigenvalue weighted by molar-refractivity contribution is 9.10. The zero-order valence-corrected chi connectivity index (χ0v) is 15.8. The Bertz CT molecular complexity index is 703. The van der Waals surface area contributed by atoms with E-state index in [2.05, 4.69) is 21.2 Å². The third kappa shape index (κ3) is 5.61. The van der Waals surface area contributed by atoms with Gasteiger partial charge in [-0.15, -0.1) is 0 Å². The third-order valence-corrected chi connectivity index (χ3v) is 4.55. The quantitative estimate of drug-likeness (QED) is 0.460. The first-order chi connectivity index (χ1) is 12.0. The zero-order valence-electron chi connectivity index (χ0n) is 14.2. The second-order valence-corrected chi connectivity index (χ2v) is 6.72. The van der Waals surface area contributed by atoms with Crippen LogP contribution in [0.15, 0.2) is 40.5 Å². The van der Waals surface area contributed by atoms with Gasteiger partial charge in [0.25, 0.3) is 5.91 Å². The van der Waals surface area contributed by atoms with E-state index in [-0.39, 0.29) is 17.4 Å². The molecule has 6 nitrogen and oxygen atoms in total. The molecule has 2 amide bonds. The van der Waals surface area contributed by atoms with Crippen molar-refractivity contribution in [2.75, 3.05) is 32.7 Å². The molecule has 1 heterocycles. The summed E-state index contributed by atoms with van der Waals surface area (Å²) in [6, 6.07) is 9.97. The Morgan fingerprint density at radius 2 is 1.96 bits per heavy atom. The lowest BCUT2D eigenvalue weighted by atomic mass is 10.1. The standard InChI is InChI=1S/C18H21BrN4O2/c1-14(24)22-7-9-23(10-8-22)18(25)16(12-20)13-21-6-5-15-3-2-4-17(19)11-15/h2-4,11,13,21H,5-10H2,1H3/b16-13-. The van der Waals surface area contributed by atoms with Crippen molar-refractivity contribution in [3.8, 4) is 6.07 Å². The smallest absolute Gasteiger partial charge is 0.266 e. The predicted molar refractivity (Wildman–Crippen MR) is 98.4 cm³/mol. The topological polar surface area (TPSA) is 76.4 Å². The maximum Gasteiger partial charge on any atom is 0.266 e. The SMILES string of the molecule is CC(=O)N1CCN(C(=O)/C(C#N)=C\NCCc2cccc(Br)c2)CC1. The van der Waals surface area contributed by atoms with Gasteiger partial charge in [0.1, 0.15) is 11.6 Å². The van der Waals surface area contributed by atoms with Crippen LogP contribution in [0.3, 0.4) is 0 Å². The van der Waals surface area contributed by atoms with Crippen LogP contribution >= 0.6 is 15.9 Å². The molecule has 0 radical (unpaired) electrons. The minimum Gasteiger partial charge on any atom is -0.389 e. The molecule has 1 saturated heterocycles. The van der Waals surface area contributed by atoms with Gasteiger partial charge in [0.05, 0.1) is 0 Å². The molecule has 0 saturated carbocycles. The minimum atomic E-state index is -0.291. The number of amides is 2. The van der Waals surface area contributed by atoms with Crippen molar-refractivity contribution in [1.82, 2.24) is 15.1 Å². The van der Waals surface area contributed by atoms with E-state index in [1.807, 2.05) is 30.3 Å². The fourth-order valence-corrected chi connectivity index (χ4v) is 3.07. The normalized spacial score (nSPS) is 14.8. The van der Waals surface area contributed by atoms with Crippen LogP contribution in [0.1, 0.15) is 12.5 Å². The molecule has 1 aromatic rings. The van der Waals surface area contributed by atoms with Crippen molar-refractivity contribution < 1.29 is 9.59 Å². The van der Waals surface area contributed by atoms with Gasteiger partial charge in [-0.25, -0.2) is 0 Å². The fourth-order valence-electron chi connectivity index (χ4n) is 2.62. The van der Waals surface area contributed by atoms with Crippen molar-refractivity contribution in [2.45, 2.75) is 13.3 Å². The number of nitrogens with one attached hydrogen (secondary N) is 1. The van der Waals surface area contributed by atoms with Crippen LogP contribution in [0.4, 0.5) is 0 Å². The van der Waals surface area contributed by atoms with E-state index in [9.17, 15) is 14.9 Å². The second kappa shape index (κ2) is 9.23. The third-order valence-electron chi connectivity index (χ3n) is 4.06. The van der Waals surface area contributed by atoms with Crippen LogP contribution in [0.25, 0.3) is 0 Å². The molecule has 1 N–H and O–H groups in total. The van der Waals surface area contributed by atoms with E-state index in [0.29, 0.717) is 32.7 Å². The fraction of sp³-hybridized carbons (Fsp3) is 0.389. The van der Waals surface area contributed by atoms with E-state index < -0.39 is 0 Å². The Morgan fingerprint density at radius 1 is 1.28 bits per heavy atom. The van der Waals surface area contributed by atoms with Crippen LogP contribution < -0.4 is 5.32 Å². The summed E-state index contributed by atoms with van der Waals surface area (Å²) in [5.74, 6) is -0.280. The monoisotopic (exact) mass is 404 g/mol. The first-order valence-electron chi connectivity index (χ1n) is 8.14. The van der Waals surface area contributed by atoms with Gasteiger partial charge >= 0.3 is 0 Å². The number of halogens is 1. The lowest BCUT2D eigenvalue weighted by Crippen LogP contribution is -2.50. The van der Waals surface area contributed by atoms with Gasteiger partial charge in [-0.05, 0) is 24.1 Å². The van der Waals surface area contributed by atoms with Crippen molar-refractivity contribution in [3.63, 3.8) is 0 Å². The minimum absolute atomic E-state index is 0.0114. The Labute approximate surface area is 156 Å². The number of hydrogen-bond donors (Lipinski definition) is 1. The highest BCUT2D eigenvalue weighted by Gasteiger charge is 2.24. The molecule has 0 aromatic heterocycles. The second-order valence-electron chi connectivity index (χ2n) is 5.80. The summed E-state index contributed by atoms with van der Waals surface area (Å²) in [6.07, 6.45) is 2.28. The number of benzene rings is 1. The van der Waals surface area contributed by atoms with Gasteiger partial charge in [-0.2, -0.15) is 5.26 Å². The number of carbonyl (C=O) groups is 2. The molecule has 1 aliphatic rings. The number of nitriles is 1. The van der Waals surface area contributed by atoms with E-state index in [1.54, 1.807) is 9.80 Å². The van der Waals surface area contributed by atoms with Crippen molar-refractivity contribution in [3.05, 3.63) is 46.1 Å². The molecule has 0 aliphatic carbocycles. The van der Waals surface area contributed by atoms with E-state index in [0.717, 1.165) is 10.9 Å². The zero-order chi connectivity index (χ0) is 18.2. The van der Waals surface area contributed by atoms with Crippen molar-refractivity contribution in [2.24, 2.45) is 0 Å². The number of hydrogen-bond acceptors (Lipinski definition) is 4. The number of rotatable bonds is 5. The van der Waals surface area contributed by atoms with Gasteiger partial charge in [-0.3, -0.25) is 9.59 Å². The molecule has 7 heteroatoms. The van der Waals surface area contributed by atoms with Crippen LogP contribution in [-0.4, -0.2) is 54.3 Å². The first-order valence-corrected chi connectivity index (χ1v) is 8.93. The Morgan fingerprint density at radius 3 is 2.56 bits per heavy atom. The molecule has 0 spiro atoms. The maximum absolute atomic E-state index is 12.4. The molecule has 25 heavy (non-hydrogen) atoms. The van der Waals surface area contributed by atoms with Crippen LogP contribution in [-0.2, 0) is 16.0 Å². The predicted octanol–water partition coefficient (Wildman–Crippen LogP) is 1.68. The molecule has 1 aromatic carbocycles. The molecule has 1 fully saturated rings. The Hall–Kier alpha value is -2.33. The molecule has 1 aliphatic heterocycles. The Balaban J connectivity index is 1.84. The summed E-state index contributed by atoms with van der Waals surface area (Å²) in [5, 5.41) is 12.3. The summed E-state index contributed by atoms with van der Waals surface area (Å²) >= 11 is 3.43. The van der Waals surface area contributed by atoms with Gasteiger partial charge in [0.15, 0.2) is 0 Å². The molecule has 2 rings (SSSR count). The first kappa shape index (κ1) is 19.0. The lowest BCUT2D eigenvalue weighted by molar-refractivity contribution is -0.136. The van der Waals surface area contributed by atoms with E-state index in [1.165, 1.54) is 18.7 Å². The number of nitrogens with zero attached hydrogens (tertiary/aromatic N) is 3. The molecule has 132 valence electrons. The van der Waals surface area contributed by atoms with Crippen LogP contribution in [0.5, 0.6) is 0 Å². The van der Waals surface area contributed by atoms with Gasteiger partial charge in [0, 0.05) is 50.3 Å².